The van der Waals surface area contributed by atoms with Gasteiger partial charge in [0.2, 0.25) is 0 Å². The molecule has 0 aromatic carbocycles. The topological polar surface area (TPSA) is 195 Å². The minimum absolute atomic E-state index is 0.0292. The number of rotatable bonds is 19. The first-order valence-corrected chi connectivity index (χ1v) is 16.7. The van der Waals surface area contributed by atoms with E-state index in [1.165, 1.54) is 0 Å². The van der Waals surface area contributed by atoms with Crippen molar-refractivity contribution in [2.45, 2.75) is 64.8 Å². The highest BCUT2D eigenvalue weighted by molar-refractivity contribution is 5.81. The monoisotopic (exact) mass is 708 g/mol. The van der Waals surface area contributed by atoms with Crippen LogP contribution in [0.2, 0.25) is 0 Å². The number of hydrogen-bond acceptors (Lipinski definition) is 12. The molecule has 3 heterocycles. The summed E-state index contributed by atoms with van der Waals surface area (Å²) in [6, 6.07) is -1.03. The molecule has 3 aliphatic rings. The number of nitrogens with zero attached hydrogens (tertiary/aromatic N) is 9. The third-order valence-corrected chi connectivity index (χ3v) is 7.82. The molecular formula is C35H38N11O6. The van der Waals surface area contributed by atoms with Gasteiger partial charge in [-0.15, -0.1) is 15.3 Å². The summed E-state index contributed by atoms with van der Waals surface area (Å²) in [5.74, 6) is 2.57. The lowest BCUT2D eigenvalue weighted by Gasteiger charge is -2.17. The average Bonchev–Trinajstić information content (AvgIpc) is 3.99. The van der Waals surface area contributed by atoms with Gasteiger partial charge in [0.25, 0.3) is 0 Å². The molecule has 0 saturated heterocycles. The standard InChI is InChI=1S/C35H38N11O6/c47-33(50-23-29-20-44(41-38-29)17-26-9-1-2-10-26)32(37-35(49)52-25-31-22-46(43-40-31)19-28-13-5-6-14-28)15-7-8-16-36-34(48)51-24-30-21-45(42-39-30)18-27-11-3-4-12-27/h1-6,9-14,20-22,32H,7-8,15-19,23-25H2,(H,36,48)(H,37,49)/t32-/m0/s1. The molecule has 3 aromatic heterocycles. The Morgan fingerprint density at radius 3 is 1.46 bits per heavy atom. The van der Waals surface area contributed by atoms with E-state index < -0.39 is 24.2 Å². The zero-order valence-corrected chi connectivity index (χ0v) is 28.3. The van der Waals surface area contributed by atoms with Crippen LogP contribution in [0.3, 0.4) is 0 Å². The molecule has 0 spiro atoms. The molecule has 17 heteroatoms. The lowest BCUT2D eigenvalue weighted by Crippen LogP contribution is -2.42. The van der Waals surface area contributed by atoms with E-state index in [-0.39, 0.29) is 32.8 Å². The van der Waals surface area contributed by atoms with Crippen LogP contribution in [-0.2, 0) is 58.5 Å². The van der Waals surface area contributed by atoms with E-state index in [0.29, 0.717) is 49.6 Å². The number of aromatic nitrogens is 9. The number of esters is 1. The van der Waals surface area contributed by atoms with Crippen molar-refractivity contribution in [2.24, 2.45) is 0 Å². The molecular weight excluding hydrogens is 670 g/mol. The van der Waals surface area contributed by atoms with Crippen molar-refractivity contribution in [3.63, 3.8) is 0 Å². The Labute approximate surface area is 303 Å². The van der Waals surface area contributed by atoms with Crippen molar-refractivity contribution in [3.8, 4) is 0 Å². The first kappa shape index (κ1) is 37.2. The predicted molar refractivity (Wildman–Crippen MR) is 180 cm³/mol. The molecule has 17 nitrogen and oxygen atoms in total. The lowest BCUT2D eigenvalue weighted by atomic mass is 10.1. The fourth-order valence-corrected chi connectivity index (χ4v) is 5.24. The van der Waals surface area contributed by atoms with E-state index in [0.717, 1.165) is 17.8 Å². The Morgan fingerprint density at radius 2 is 1.00 bits per heavy atom. The van der Waals surface area contributed by atoms with Crippen molar-refractivity contribution in [1.82, 2.24) is 55.6 Å². The van der Waals surface area contributed by atoms with Crippen molar-refractivity contribution >= 4 is 18.2 Å². The molecule has 15 radical (unpaired) electrons. The molecule has 3 aliphatic carbocycles. The Bertz CT molecular complexity index is 1560. The van der Waals surface area contributed by atoms with Gasteiger partial charge < -0.3 is 24.8 Å². The van der Waals surface area contributed by atoms with Gasteiger partial charge >= 0.3 is 18.2 Å². The molecule has 0 unspecified atom stereocenters. The Kier molecular flexibility index (Phi) is 13.8. The lowest BCUT2D eigenvalue weighted by molar-refractivity contribution is -0.147. The van der Waals surface area contributed by atoms with Crippen LogP contribution in [-0.4, -0.2) is 75.7 Å². The second-order valence-corrected chi connectivity index (χ2v) is 12.0. The number of ether oxygens (including phenoxy) is 3. The largest absolute Gasteiger partial charge is 0.458 e. The Morgan fingerprint density at radius 1 is 0.577 bits per heavy atom. The zero-order valence-electron chi connectivity index (χ0n) is 28.3. The molecule has 6 rings (SSSR count). The number of unbranched alkanes of at least 4 members (excludes halogenated alkanes) is 1. The smallest absolute Gasteiger partial charge is 0.408 e. The first-order valence-electron chi connectivity index (χ1n) is 16.7. The number of hydrogen-bond donors (Lipinski definition) is 2. The molecule has 3 saturated carbocycles. The van der Waals surface area contributed by atoms with Crippen molar-refractivity contribution in [2.75, 3.05) is 6.54 Å². The average molecular weight is 709 g/mol. The van der Waals surface area contributed by atoms with Crippen LogP contribution in [0.1, 0.15) is 36.3 Å². The Balaban J connectivity index is 0.924. The van der Waals surface area contributed by atoms with Gasteiger partial charge in [-0.3, -0.25) is 14.0 Å². The summed E-state index contributed by atoms with van der Waals surface area (Å²) >= 11 is 0. The van der Waals surface area contributed by atoms with Gasteiger partial charge in [0, 0.05) is 43.9 Å². The van der Waals surface area contributed by atoms with E-state index in [1.807, 2.05) is 77.0 Å². The third kappa shape index (κ3) is 12.0. The van der Waals surface area contributed by atoms with Crippen LogP contribution in [0.15, 0.2) is 18.6 Å². The minimum atomic E-state index is -1.03. The van der Waals surface area contributed by atoms with Gasteiger partial charge in [-0.05, 0) is 96.3 Å². The van der Waals surface area contributed by atoms with Crippen LogP contribution in [0.5, 0.6) is 0 Å². The molecule has 3 fully saturated rings. The van der Waals surface area contributed by atoms with Gasteiger partial charge in [-0.25, -0.2) is 14.4 Å². The van der Waals surface area contributed by atoms with Crippen LogP contribution in [0.4, 0.5) is 9.59 Å². The molecule has 1 atom stereocenters. The van der Waals surface area contributed by atoms with Crippen LogP contribution >= 0.6 is 0 Å². The molecule has 269 valence electrons. The molecule has 2 amide bonds. The summed E-state index contributed by atoms with van der Waals surface area (Å²) in [4.78, 5) is 38.2. The second-order valence-electron chi connectivity index (χ2n) is 12.0. The van der Waals surface area contributed by atoms with E-state index in [4.69, 9.17) is 14.2 Å². The van der Waals surface area contributed by atoms with Crippen molar-refractivity contribution in [3.05, 3.63) is 130 Å². The highest BCUT2D eigenvalue weighted by atomic mass is 16.6. The first-order chi connectivity index (χ1) is 25.4. The molecule has 2 N–H and O–H groups in total. The predicted octanol–water partition coefficient (Wildman–Crippen LogP) is 2.11. The number of amides is 2. The van der Waals surface area contributed by atoms with Gasteiger partial charge in [0.1, 0.15) is 42.9 Å². The summed E-state index contributed by atoms with van der Waals surface area (Å²) in [5, 5.41) is 29.7. The van der Waals surface area contributed by atoms with Crippen LogP contribution in [0.25, 0.3) is 0 Å². The number of carbonyl (C=O) groups is 3. The summed E-state index contributed by atoms with van der Waals surface area (Å²) in [6.07, 6.45) is 28.4. The maximum Gasteiger partial charge on any atom is 0.408 e. The highest BCUT2D eigenvalue weighted by Gasteiger charge is 2.25. The highest BCUT2D eigenvalue weighted by Crippen LogP contribution is 2.26. The maximum absolute atomic E-state index is 13.2. The fraction of sp³-hybridized carbons (Fsp3) is 0.314. The van der Waals surface area contributed by atoms with Gasteiger partial charge in [0.15, 0.2) is 0 Å². The van der Waals surface area contributed by atoms with E-state index >= 15 is 0 Å². The van der Waals surface area contributed by atoms with Gasteiger partial charge in [0.05, 0.1) is 18.6 Å². The molecule has 0 aliphatic heterocycles. The van der Waals surface area contributed by atoms with E-state index in [2.05, 4.69) is 41.6 Å². The molecule has 0 bridgehead atoms. The number of alkyl carbamates (subject to hydrolysis) is 2. The van der Waals surface area contributed by atoms with Crippen LogP contribution < -0.4 is 10.6 Å². The third-order valence-electron chi connectivity index (χ3n) is 7.82. The van der Waals surface area contributed by atoms with Crippen LogP contribution in [0, 0.1) is 94.8 Å². The normalized spacial score (nSPS) is 17.4. The number of nitrogens with one attached hydrogen (secondary N) is 2. The van der Waals surface area contributed by atoms with Crippen molar-refractivity contribution < 1.29 is 28.6 Å². The summed E-state index contributed by atoms with van der Waals surface area (Å²) in [5.41, 5.74) is 1.43. The van der Waals surface area contributed by atoms with E-state index in [9.17, 15) is 14.4 Å². The summed E-state index contributed by atoms with van der Waals surface area (Å²) in [7, 11) is 0. The quantitative estimate of drug-likeness (QED) is 0.105. The Hall–Kier alpha value is -4.57. The summed E-state index contributed by atoms with van der Waals surface area (Å²) in [6.45, 7) is 1.62. The molecule has 3 aromatic rings. The maximum atomic E-state index is 13.2. The number of carbonyl (C=O) groups excluding carboxylic acids is 3. The SMILES string of the molecule is O=C(NCCCC[C@H](NC(=O)OCc1cn(C[C]2[CH][CH][CH][CH]2)nn1)C(=O)OCc1cn(C[C]2[CH][CH][CH][CH]2)nn1)OCc1cn(C[C]2[CH][CH][CH][CH]2)nn1. The second kappa shape index (κ2) is 19.3. The summed E-state index contributed by atoms with van der Waals surface area (Å²) < 4.78 is 21.1. The van der Waals surface area contributed by atoms with E-state index in [1.54, 1.807) is 32.6 Å². The minimum Gasteiger partial charge on any atom is -0.458 e. The van der Waals surface area contributed by atoms with Gasteiger partial charge in [-0.1, -0.05) is 15.6 Å². The fourth-order valence-electron chi connectivity index (χ4n) is 5.24. The molecule has 52 heavy (non-hydrogen) atoms. The zero-order chi connectivity index (χ0) is 36.0. The van der Waals surface area contributed by atoms with Gasteiger partial charge in [-0.2, -0.15) is 0 Å². The van der Waals surface area contributed by atoms with Crippen molar-refractivity contribution in [1.29, 1.82) is 0 Å².